The molecule has 1 aromatic heterocycles. The van der Waals surface area contributed by atoms with E-state index in [9.17, 15) is 9.18 Å². The van der Waals surface area contributed by atoms with Crippen LogP contribution in [-0.2, 0) is 4.74 Å². The Kier molecular flexibility index (Phi) is 6.98. The van der Waals surface area contributed by atoms with Crippen LogP contribution in [0.2, 0.25) is 5.02 Å². The summed E-state index contributed by atoms with van der Waals surface area (Å²) in [5.41, 5.74) is 3.08. The fourth-order valence-corrected chi connectivity index (χ4v) is 3.59. The molecule has 0 amide bonds. The number of carbonyl (C=O) groups is 1. The van der Waals surface area contributed by atoms with E-state index in [1.54, 1.807) is 31.2 Å². The zero-order valence-electron chi connectivity index (χ0n) is 17.5. The van der Waals surface area contributed by atoms with Crippen molar-refractivity contribution in [3.8, 4) is 6.07 Å². The molecule has 0 saturated heterocycles. The van der Waals surface area contributed by atoms with Crippen molar-refractivity contribution in [1.82, 2.24) is 4.57 Å². The second-order valence-electron chi connectivity index (χ2n) is 7.28. The van der Waals surface area contributed by atoms with Crippen molar-refractivity contribution >= 4 is 23.3 Å². The van der Waals surface area contributed by atoms with Gasteiger partial charge in [0.25, 0.3) is 0 Å². The molecule has 0 radical (unpaired) electrons. The van der Waals surface area contributed by atoms with Crippen LogP contribution in [0.4, 0.5) is 10.1 Å². The van der Waals surface area contributed by atoms with Crippen molar-refractivity contribution in [2.24, 2.45) is 0 Å². The maximum Gasteiger partial charge on any atom is 0.340 e. The van der Waals surface area contributed by atoms with Crippen molar-refractivity contribution in [2.75, 3.05) is 11.9 Å². The quantitative estimate of drug-likeness (QED) is 0.451. The van der Waals surface area contributed by atoms with Gasteiger partial charge in [-0.3, -0.25) is 0 Å². The van der Waals surface area contributed by atoms with Crippen molar-refractivity contribution in [2.45, 2.75) is 32.9 Å². The second kappa shape index (κ2) is 9.67. The number of hydrogen-bond donors (Lipinski definition) is 1. The van der Waals surface area contributed by atoms with E-state index in [2.05, 4.69) is 11.4 Å². The molecule has 0 saturated carbocycles. The van der Waals surface area contributed by atoms with E-state index in [4.69, 9.17) is 21.6 Å². The molecule has 0 fully saturated rings. The summed E-state index contributed by atoms with van der Waals surface area (Å²) in [4.78, 5) is 12.7. The van der Waals surface area contributed by atoms with Crippen molar-refractivity contribution in [3.63, 3.8) is 0 Å². The molecule has 0 spiro atoms. The van der Waals surface area contributed by atoms with Gasteiger partial charge >= 0.3 is 5.97 Å². The number of nitrogens with zero attached hydrogens (tertiary/aromatic N) is 2. The third-order valence-electron chi connectivity index (χ3n) is 4.88. The molecule has 0 aliphatic heterocycles. The number of carbonyl (C=O) groups excluding carboxylic acids is 1. The number of rotatable bonds is 7. The van der Waals surface area contributed by atoms with Crippen LogP contribution >= 0.6 is 11.6 Å². The lowest BCUT2D eigenvalue weighted by atomic mass is 9.98. The van der Waals surface area contributed by atoms with Crippen molar-refractivity contribution in [1.29, 1.82) is 5.26 Å². The molecule has 3 rings (SSSR count). The number of nitriles is 1. The highest BCUT2D eigenvalue weighted by molar-refractivity contribution is 6.31. The topological polar surface area (TPSA) is 67.0 Å². The Balaban J connectivity index is 2.17. The van der Waals surface area contributed by atoms with Gasteiger partial charge in [-0.05, 0) is 62.7 Å². The highest BCUT2D eigenvalue weighted by Gasteiger charge is 2.27. The number of anilines is 1. The molecule has 0 aliphatic carbocycles. The lowest BCUT2D eigenvalue weighted by Gasteiger charge is -2.26. The number of nitrogens with one attached hydrogen (secondary N) is 1. The Morgan fingerprint density at radius 2 is 1.94 bits per heavy atom. The smallest absolute Gasteiger partial charge is 0.340 e. The summed E-state index contributed by atoms with van der Waals surface area (Å²) < 4.78 is 21.0. The number of halogens is 2. The van der Waals surface area contributed by atoms with Crippen LogP contribution in [0.25, 0.3) is 0 Å². The molecule has 1 atom stereocenters. The summed E-state index contributed by atoms with van der Waals surface area (Å²) in [7, 11) is 0. The van der Waals surface area contributed by atoms with E-state index < -0.39 is 17.8 Å². The van der Waals surface area contributed by atoms with E-state index in [-0.39, 0.29) is 17.7 Å². The number of ether oxygens (including phenoxy) is 1. The number of aromatic nitrogens is 1. The van der Waals surface area contributed by atoms with Gasteiger partial charge in [-0.1, -0.05) is 23.7 Å². The fourth-order valence-electron chi connectivity index (χ4n) is 3.41. The predicted molar refractivity (Wildman–Crippen MR) is 119 cm³/mol. The van der Waals surface area contributed by atoms with Gasteiger partial charge in [0.2, 0.25) is 0 Å². The first-order chi connectivity index (χ1) is 14.8. The molecule has 1 unspecified atom stereocenters. The monoisotopic (exact) mass is 439 g/mol. The predicted octanol–water partition coefficient (Wildman–Crippen LogP) is 6.11. The number of hydrogen-bond acceptors (Lipinski definition) is 4. The van der Waals surface area contributed by atoms with Gasteiger partial charge in [0, 0.05) is 17.9 Å². The number of esters is 1. The first kappa shape index (κ1) is 22.4. The van der Waals surface area contributed by atoms with Crippen molar-refractivity contribution in [3.05, 3.63) is 88.0 Å². The van der Waals surface area contributed by atoms with E-state index in [1.807, 2.05) is 36.7 Å². The maximum absolute atomic E-state index is 13.7. The Hall–Kier alpha value is -3.30. The van der Waals surface area contributed by atoms with Crippen LogP contribution in [0.3, 0.4) is 0 Å². The molecule has 160 valence electrons. The van der Waals surface area contributed by atoms with Gasteiger partial charge in [0.05, 0.1) is 40.6 Å². The first-order valence-corrected chi connectivity index (χ1v) is 10.3. The van der Waals surface area contributed by atoms with Crippen LogP contribution in [0, 0.1) is 17.1 Å². The summed E-state index contributed by atoms with van der Waals surface area (Å²) in [6.45, 7) is 6.05. The lowest BCUT2D eigenvalue weighted by Crippen LogP contribution is -2.21. The Morgan fingerprint density at radius 1 is 1.23 bits per heavy atom. The van der Waals surface area contributed by atoms with Gasteiger partial charge in [0.15, 0.2) is 0 Å². The summed E-state index contributed by atoms with van der Waals surface area (Å²) in [6, 6.07) is 14.9. The molecule has 2 aromatic carbocycles. The molecule has 0 bridgehead atoms. The van der Waals surface area contributed by atoms with E-state index in [1.165, 1.54) is 12.1 Å². The highest BCUT2D eigenvalue weighted by Crippen LogP contribution is 2.33. The van der Waals surface area contributed by atoms with E-state index >= 15 is 0 Å². The highest BCUT2D eigenvalue weighted by atomic mass is 35.5. The number of benzene rings is 2. The zero-order chi connectivity index (χ0) is 22.5. The summed E-state index contributed by atoms with van der Waals surface area (Å²) in [6.07, 6.45) is 1.85. The molecule has 0 aliphatic rings. The van der Waals surface area contributed by atoms with Gasteiger partial charge in [-0.2, -0.15) is 5.26 Å². The van der Waals surface area contributed by atoms with Crippen molar-refractivity contribution < 1.29 is 13.9 Å². The van der Waals surface area contributed by atoms with Crippen LogP contribution in [0.15, 0.2) is 54.7 Å². The normalized spacial score (nSPS) is 11.8. The fraction of sp³-hybridized carbons (Fsp3) is 0.250. The zero-order valence-corrected chi connectivity index (χ0v) is 18.3. The van der Waals surface area contributed by atoms with Crippen LogP contribution < -0.4 is 5.32 Å². The standard InChI is InChI=1S/C24H23ClFN3O2/c1-4-31-24(30)19-11-12-29(15(2)3)23(19)22(17-7-5-16(14-27)6-8-17)28-18-9-10-21(26)20(25)13-18/h5-13,15,22,28H,4H2,1-3H3. The molecule has 31 heavy (non-hydrogen) atoms. The minimum absolute atomic E-state index is 0.00608. The maximum atomic E-state index is 13.7. The Morgan fingerprint density at radius 3 is 2.52 bits per heavy atom. The first-order valence-electron chi connectivity index (χ1n) is 9.95. The van der Waals surface area contributed by atoms with Gasteiger partial charge in [-0.15, -0.1) is 0 Å². The second-order valence-corrected chi connectivity index (χ2v) is 7.68. The van der Waals surface area contributed by atoms with Gasteiger partial charge < -0.3 is 14.6 Å². The molecule has 1 heterocycles. The van der Waals surface area contributed by atoms with Crippen LogP contribution in [0.5, 0.6) is 0 Å². The van der Waals surface area contributed by atoms with E-state index in [0.29, 0.717) is 22.5 Å². The molecule has 1 N–H and O–H groups in total. The average molecular weight is 440 g/mol. The minimum Gasteiger partial charge on any atom is -0.462 e. The average Bonchev–Trinajstić information content (AvgIpc) is 3.20. The molecule has 7 heteroatoms. The van der Waals surface area contributed by atoms with E-state index in [0.717, 1.165) is 5.56 Å². The summed E-state index contributed by atoms with van der Waals surface area (Å²) in [5, 5.41) is 12.5. The molecule has 5 nitrogen and oxygen atoms in total. The third-order valence-corrected chi connectivity index (χ3v) is 5.17. The summed E-state index contributed by atoms with van der Waals surface area (Å²) in [5.74, 6) is -0.936. The SMILES string of the molecule is CCOC(=O)c1ccn(C(C)C)c1C(Nc1ccc(F)c(Cl)c1)c1ccc(C#N)cc1. The Labute approximate surface area is 186 Å². The third kappa shape index (κ3) is 4.89. The van der Waals surface area contributed by atoms with Gasteiger partial charge in [0.1, 0.15) is 5.82 Å². The van der Waals surface area contributed by atoms with Gasteiger partial charge in [-0.25, -0.2) is 9.18 Å². The minimum atomic E-state index is -0.514. The molecular formula is C24H23ClFN3O2. The largest absolute Gasteiger partial charge is 0.462 e. The summed E-state index contributed by atoms with van der Waals surface area (Å²) >= 11 is 5.98. The lowest BCUT2D eigenvalue weighted by molar-refractivity contribution is 0.0524. The Bertz CT molecular complexity index is 1120. The molecule has 3 aromatic rings. The van der Waals surface area contributed by atoms with Crippen LogP contribution in [-0.4, -0.2) is 17.1 Å². The molecular weight excluding hydrogens is 417 g/mol. The van der Waals surface area contributed by atoms with Crippen LogP contribution in [0.1, 0.15) is 60.0 Å².